The van der Waals surface area contributed by atoms with Gasteiger partial charge >= 0.3 is 0 Å². The van der Waals surface area contributed by atoms with E-state index in [2.05, 4.69) is 15.6 Å². The lowest BCUT2D eigenvalue weighted by Gasteiger charge is -2.12. The molecule has 0 bridgehead atoms. The molecule has 0 aliphatic rings. The van der Waals surface area contributed by atoms with Crippen LogP contribution < -0.4 is 10.6 Å². The molecule has 27 heavy (non-hydrogen) atoms. The van der Waals surface area contributed by atoms with E-state index in [0.29, 0.717) is 10.6 Å². The van der Waals surface area contributed by atoms with E-state index in [1.807, 2.05) is 19.9 Å². The highest BCUT2D eigenvalue weighted by molar-refractivity contribution is 7.14. The molecule has 2 amide bonds. The van der Waals surface area contributed by atoms with Gasteiger partial charge in [0.2, 0.25) is 0 Å². The fourth-order valence-corrected chi connectivity index (χ4v) is 3.59. The van der Waals surface area contributed by atoms with Gasteiger partial charge in [-0.3, -0.25) is 14.6 Å². The number of hydrogen-bond acceptors (Lipinski definition) is 4. The van der Waals surface area contributed by atoms with E-state index in [9.17, 15) is 14.0 Å². The summed E-state index contributed by atoms with van der Waals surface area (Å²) in [7, 11) is 0. The van der Waals surface area contributed by atoms with Crippen molar-refractivity contribution in [1.29, 1.82) is 0 Å². The lowest BCUT2D eigenvalue weighted by molar-refractivity contribution is 0.101. The molecule has 0 atom stereocenters. The minimum absolute atomic E-state index is 0.188. The molecule has 0 aliphatic carbocycles. The Hall–Kier alpha value is -3.06. The van der Waals surface area contributed by atoms with Crippen molar-refractivity contribution in [3.63, 3.8) is 0 Å². The highest BCUT2D eigenvalue weighted by Crippen LogP contribution is 2.27. The topological polar surface area (TPSA) is 71.1 Å². The first-order valence-corrected chi connectivity index (χ1v) is 9.22. The van der Waals surface area contributed by atoms with Crippen LogP contribution in [0.25, 0.3) is 0 Å². The summed E-state index contributed by atoms with van der Waals surface area (Å²) in [6.07, 6.45) is 2.35. The highest BCUT2D eigenvalue weighted by atomic mass is 32.1. The number of rotatable bonds is 5. The van der Waals surface area contributed by atoms with Crippen molar-refractivity contribution < 1.29 is 14.0 Å². The van der Waals surface area contributed by atoms with Gasteiger partial charge in [0.05, 0.1) is 16.3 Å². The van der Waals surface area contributed by atoms with Gasteiger partial charge in [-0.2, -0.15) is 0 Å². The zero-order chi connectivity index (χ0) is 19.4. The van der Waals surface area contributed by atoms with Crippen LogP contribution in [0.1, 0.15) is 37.5 Å². The lowest BCUT2D eigenvalue weighted by Crippen LogP contribution is -2.17. The number of carbonyl (C=O) groups excluding carboxylic acids is 2. The monoisotopic (exact) mass is 383 g/mol. The third-order valence-electron chi connectivity index (χ3n) is 3.94. The van der Waals surface area contributed by atoms with E-state index >= 15 is 0 Å². The van der Waals surface area contributed by atoms with Gasteiger partial charge in [0.25, 0.3) is 11.8 Å². The van der Waals surface area contributed by atoms with Crippen LogP contribution in [0.3, 0.4) is 0 Å². The number of nitrogens with zero attached hydrogens (tertiary/aromatic N) is 1. The Balaban J connectivity index is 1.83. The number of nitrogens with one attached hydrogen (secondary N) is 2. The average molecular weight is 383 g/mol. The molecule has 2 heterocycles. The summed E-state index contributed by atoms with van der Waals surface area (Å²) < 4.78 is 13.7. The van der Waals surface area contributed by atoms with Crippen molar-refractivity contribution in [2.24, 2.45) is 0 Å². The number of benzene rings is 1. The predicted molar refractivity (Wildman–Crippen MR) is 105 cm³/mol. The normalized spacial score (nSPS) is 10.5. The van der Waals surface area contributed by atoms with E-state index in [-0.39, 0.29) is 17.3 Å². The summed E-state index contributed by atoms with van der Waals surface area (Å²) >= 11 is 1.40. The van der Waals surface area contributed by atoms with Crippen LogP contribution in [0.4, 0.5) is 15.8 Å². The smallest absolute Gasteiger partial charge is 0.274 e. The Morgan fingerprint density at radius 1 is 1.07 bits per heavy atom. The molecule has 0 aliphatic heterocycles. The minimum Gasteiger partial charge on any atom is -0.319 e. The SMILES string of the molecule is CCc1sc(C(=O)Nc2cc(F)ccc2NC(=O)c2ccccn2)cc1C. The molecule has 1 aromatic carbocycles. The lowest BCUT2D eigenvalue weighted by atomic mass is 10.2. The number of halogens is 1. The highest BCUT2D eigenvalue weighted by Gasteiger charge is 2.16. The molecular weight excluding hydrogens is 365 g/mol. The number of carbonyl (C=O) groups is 2. The molecule has 2 aromatic heterocycles. The number of amides is 2. The Kier molecular flexibility index (Phi) is 5.61. The number of thiophene rings is 1. The molecule has 0 spiro atoms. The van der Waals surface area contributed by atoms with Gasteiger partial charge in [-0.1, -0.05) is 13.0 Å². The van der Waals surface area contributed by atoms with E-state index in [1.54, 1.807) is 18.2 Å². The third-order valence-corrected chi connectivity index (χ3v) is 5.32. The first-order chi connectivity index (χ1) is 13.0. The Labute approximate surface area is 160 Å². The molecule has 0 fully saturated rings. The summed E-state index contributed by atoms with van der Waals surface area (Å²) in [5.74, 6) is -1.31. The quantitative estimate of drug-likeness (QED) is 0.673. The van der Waals surface area contributed by atoms with Gasteiger partial charge in [0.15, 0.2) is 0 Å². The van der Waals surface area contributed by atoms with Crippen molar-refractivity contribution >= 4 is 34.5 Å². The maximum Gasteiger partial charge on any atom is 0.274 e. The fourth-order valence-electron chi connectivity index (χ4n) is 2.58. The van der Waals surface area contributed by atoms with Crippen molar-refractivity contribution in [2.75, 3.05) is 10.6 Å². The van der Waals surface area contributed by atoms with Gasteiger partial charge in [0, 0.05) is 11.1 Å². The van der Waals surface area contributed by atoms with Crippen LogP contribution in [0, 0.1) is 12.7 Å². The summed E-state index contributed by atoms with van der Waals surface area (Å²) in [4.78, 5) is 30.5. The largest absolute Gasteiger partial charge is 0.319 e. The van der Waals surface area contributed by atoms with Gasteiger partial charge in [-0.15, -0.1) is 11.3 Å². The van der Waals surface area contributed by atoms with Crippen molar-refractivity contribution in [1.82, 2.24) is 4.98 Å². The molecule has 2 N–H and O–H groups in total. The number of aryl methyl sites for hydroxylation is 2. The fraction of sp³-hybridized carbons (Fsp3) is 0.150. The van der Waals surface area contributed by atoms with Crippen molar-refractivity contribution in [2.45, 2.75) is 20.3 Å². The number of pyridine rings is 1. The molecule has 3 aromatic rings. The average Bonchev–Trinajstić information content (AvgIpc) is 3.05. The summed E-state index contributed by atoms with van der Waals surface area (Å²) in [5.41, 5.74) is 1.76. The van der Waals surface area contributed by atoms with Crippen LogP contribution in [0.5, 0.6) is 0 Å². The number of anilines is 2. The van der Waals surface area contributed by atoms with Gasteiger partial charge in [-0.05, 0) is 55.3 Å². The second kappa shape index (κ2) is 8.09. The van der Waals surface area contributed by atoms with Crippen LogP contribution in [0.2, 0.25) is 0 Å². The number of aromatic nitrogens is 1. The second-order valence-corrected chi connectivity index (χ2v) is 7.02. The molecule has 5 nitrogen and oxygen atoms in total. The minimum atomic E-state index is -0.516. The molecule has 0 unspecified atom stereocenters. The zero-order valence-electron chi connectivity index (χ0n) is 14.9. The van der Waals surface area contributed by atoms with Crippen molar-refractivity contribution in [3.05, 3.63) is 75.5 Å². The van der Waals surface area contributed by atoms with Crippen LogP contribution >= 0.6 is 11.3 Å². The second-order valence-electron chi connectivity index (χ2n) is 5.88. The van der Waals surface area contributed by atoms with Gasteiger partial charge < -0.3 is 10.6 Å². The maximum atomic E-state index is 13.7. The number of hydrogen-bond donors (Lipinski definition) is 2. The molecule has 0 radical (unpaired) electrons. The molecule has 0 saturated carbocycles. The van der Waals surface area contributed by atoms with E-state index < -0.39 is 11.7 Å². The third kappa shape index (κ3) is 4.38. The standard InChI is InChI=1S/C20H18FN3O2S/c1-3-17-12(2)10-18(27-17)20(26)24-16-11-13(21)7-8-14(16)23-19(25)15-6-4-5-9-22-15/h4-11H,3H2,1-2H3,(H,23,25)(H,24,26). The summed E-state index contributed by atoms with van der Waals surface area (Å²) in [6.45, 7) is 3.98. The predicted octanol–water partition coefficient (Wildman–Crippen LogP) is 4.66. The van der Waals surface area contributed by atoms with E-state index in [4.69, 9.17) is 0 Å². The Morgan fingerprint density at radius 3 is 2.52 bits per heavy atom. The van der Waals surface area contributed by atoms with Crippen molar-refractivity contribution in [3.8, 4) is 0 Å². The molecular formula is C20H18FN3O2S. The van der Waals surface area contributed by atoms with Gasteiger partial charge in [0.1, 0.15) is 11.5 Å². The molecule has 138 valence electrons. The molecule has 7 heteroatoms. The van der Waals surface area contributed by atoms with E-state index in [1.165, 1.54) is 35.7 Å². The van der Waals surface area contributed by atoms with Gasteiger partial charge in [-0.25, -0.2) is 4.39 Å². The summed E-state index contributed by atoms with van der Waals surface area (Å²) in [5, 5.41) is 5.34. The molecule has 0 saturated heterocycles. The van der Waals surface area contributed by atoms with Crippen LogP contribution in [0.15, 0.2) is 48.7 Å². The zero-order valence-corrected chi connectivity index (χ0v) is 15.7. The first kappa shape index (κ1) is 18.7. The van der Waals surface area contributed by atoms with Crippen LogP contribution in [-0.2, 0) is 6.42 Å². The maximum absolute atomic E-state index is 13.7. The Morgan fingerprint density at radius 2 is 1.85 bits per heavy atom. The van der Waals surface area contributed by atoms with Crippen LogP contribution in [-0.4, -0.2) is 16.8 Å². The first-order valence-electron chi connectivity index (χ1n) is 8.40. The Bertz CT molecular complexity index is 986. The van der Waals surface area contributed by atoms with E-state index in [0.717, 1.165) is 16.9 Å². The summed E-state index contributed by atoms with van der Waals surface area (Å²) in [6, 6.07) is 10.6. The molecule has 3 rings (SSSR count).